The first-order valence-corrected chi connectivity index (χ1v) is 7.56. The number of fused-ring (bicyclic) bond motifs is 2. The molecule has 2 saturated heterocycles. The predicted octanol–water partition coefficient (Wildman–Crippen LogP) is 1.64. The molecule has 0 aliphatic carbocycles. The van der Waals surface area contributed by atoms with Gasteiger partial charge in [-0.2, -0.15) is 0 Å². The first-order chi connectivity index (χ1) is 10.1. The third-order valence-electron chi connectivity index (χ3n) is 4.50. The molecule has 2 aliphatic rings. The maximum atomic E-state index is 12.1. The zero-order chi connectivity index (χ0) is 14.8. The molecule has 2 bridgehead atoms. The SMILES string of the molecule is NC(=O)c1ccc(NC(=O)CC2CC3CCC(C2)N3)cc1. The molecule has 0 spiro atoms. The molecule has 5 heteroatoms. The van der Waals surface area contributed by atoms with Crippen molar-refractivity contribution < 1.29 is 9.59 Å². The second kappa shape index (κ2) is 5.85. The smallest absolute Gasteiger partial charge is 0.248 e. The van der Waals surface area contributed by atoms with Crippen molar-refractivity contribution in [3.05, 3.63) is 29.8 Å². The minimum absolute atomic E-state index is 0.0492. The number of rotatable bonds is 4. The van der Waals surface area contributed by atoms with Gasteiger partial charge in [0.05, 0.1) is 0 Å². The summed E-state index contributed by atoms with van der Waals surface area (Å²) >= 11 is 0. The first-order valence-electron chi connectivity index (χ1n) is 7.56. The lowest BCUT2D eigenvalue weighted by Gasteiger charge is -2.28. The number of nitrogens with two attached hydrogens (primary N) is 1. The molecule has 2 atom stereocenters. The van der Waals surface area contributed by atoms with Gasteiger partial charge in [-0.05, 0) is 55.9 Å². The Labute approximate surface area is 124 Å². The van der Waals surface area contributed by atoms with E-state index >= 15 is 0 Å². The van der Waals surface area contributed by atoms with Gasteiger partial charge >= 0.3 is 0 Å². The number of benzene rings is 1. The standard InChI is InChI=1S/C16H21N3O2/c17-16(21)11-1-3-12(4-2-11)19-15(20)9-10-7-13-5-6-14(8-10)18-13/h1-4,10,13-14,18H,5-9H2,(H2,17,21)(H,19,20). The van der Waals surface area contributed by atoms with Crippen LogP contribution in [0.2, 0.25) is 0 Å². The molecule has 21 heavy (non-hydrogen) atoms. The number of carbonyl (C=O) groups excluding carboxylic acids is 2. The van der Waals surface area contributed by atoms with Gasteiger partial charge < -0.3 is 16.4 Å². The van der Waals surface area contributed by atoms with Crippen molar-refractivity contribution in [2.24, 2.45) is 11.7 Å². The number of hydrogen-bond donors (Lipinski definition) is 3. The van der Waals surface area contributed by atoms with Crippen molar-refractivity contribution in [2.75, 3.05) is 5.32 Å². The average molecular weight is 287 g/mol. The van der Waals surface area contributed by atoms with Gasteiger partial charge in [0, 0.05) is 29.8 Å². The largest absolute Gasteiger partial charge is 0.366 e. The summed E-state index contributed by atoms with van der Waals surface area (Å²) in [6, 6.07) is 7.90. The molecular formula is C16H21N3O2. The number of piperidine rings is 1. The zero-order valence-corrected chi connectivity index (χ0v) is 12.0. The van der Waals surface area contributed by atoms with Crippen LogP contribution in [0.3, 0.4) is 0 Å². The fourth-order valence-electron chi connectivity index (χ4n) is 3.53. The first kappa shape index (κ1) is 14.1. The van der Waals surface area contributed by atoms with E-state index in [2.05, 4.69) is 10.6 Å². The Kier molecular flexibility index (Phi) is 3.92. The Balaban J connectivity index is 1.53. The summed E-state index contributed by atoms with van der Waals surface area (Å²) in [6.45, 7) is 0. The van der Waals surface area contributed by atoms with Crippen molar-refractivity contribution in [3.8, 4) is 0 Å². The average Bonchev–Trinajstić information content (AvgIpc) is 2.78. The van der Waals surface area contributed by atoms with Crippen molar-refractivity contribution in [1.82, 2.24) is 5.32 Å². The van der Waals surface area contributed by atoms with E-state index < -0.39 is 5.91 Å². The molecule has 0 saturated carbocycles. The molecule has 0 radical (unpaired) electrons. The lowest BCUT2D eigenvalue weighted by atomic mass is 9.89. The highest BCUT2D eigenvalue weighted by molar-refractivity contribution is 5.94. The summed E-state index contributed by atoms with van der Waals surface area (Å²) in [4.78, 5) is 23.1. The van der Waals surface area contributed by atoms with E-state index in [1.54, 1.807) is 24.3 Å². The van der Waals surface area contributed by atoms with Crippen LogP contribution in [0.25, 0.3) is 0 Å². The maximum absolute atomic E-state index is 12.1. The second-order valence-corrected chi connectivity index (χ2v) is 6.17. The summed E-state index contributed by atoms with van der Waals surface area (Å²) < 4.78 is 0. The van der Waals surface area contributed by atoms with Gasteiger partial charge in [-0.3, -0.25) is 9.59 Å². The molecule has 2 heterocycles. The normalized spacial score (nSPS) is 27.3. The number of primary amides is 1. The van der Waals surface area contributed by atoms with Crippen molar-refractivity contribution in [3.63, 3.8) is 0 Å². The van der Waals surface area contributed by atoms with Crippen molar-refractivity contribution >= 4 is 17.5 Å². The van der Waals surface area contributed by atoms with Gasteiger partial charge in [-0.1, -0.05) is 0 Å². The highest BCUT2D eigenvalue weighted by Crippen LogP contribution is 2.32. The number of carbonyl (C=O) groups is 2. The molecule has 2 amide bonds. The summed E-state index contributed by atoms with van der Waals surface area (Å²) in [5, 5.41) is 6.48. The Bertz CT molecular complexity index is 529. The number of nitrogens with one attached hydrogen (secondary N) is 2. The van der Waals surface area contributed by atoms with Crippen LogP contribution in [-0.2, 0) is 4.79 Å². The predicted molar refractivity (Wildman–Crippen MR) is 80.9 cm³/mol. The zero-order valence-electron chi connectivity index (χ0n) is 12.0. The molecule has 3 rings (SSSR count). The third kappa shape index (κ3) is 3.42. The summed E-state index contributed by atoms with van der Waals surface area (Å²) in [7, 11) is 0. The van der Waals surface area contributed by atoms with Crippen LogP contribution in [0.5, 0.6) is 0 Å². The van der Waals surface area contributed by atoms with E-state index in [1.165, 1.54) is 12.8 Å². The lowest BCUT2D eigenvalue weighted by Crippen LogP contribution is -2.39. The molecule has 4 N–H and O–H groups in total. The van der Waals surface area contributed by atoms with Gasteiger partial charge in [0.15, 0.2) is 0 Å². The van der Waals surface area contributed by atoms with Crippen LogP contribution in [0.1, 0.15) is 42.5 Å². The number of amides is 2. The minimum Gasteiger partial charge on any atom is -0.366 e. The molecular weight excluding hydrogens is 266 g/mol. The molecule has 1 aromatic carbocycles. The molecule has 2 unspecified atom stereocenters. The molecule has 2 fully saturated rings. The van der Waals surface area contributed by atoms with Crippen LogP contribution < -0.4 is 16.4 Å². The summed E-state index contributed by atoms with van der Waals surface area (Å²) in [6.07, 6.45) is 5.27. The van der Waals surface area contributed by atoms with E-state index in [9.17, 15) is 9.59 Å². The van der Waals surface area contributed by atoms with E-state index in [4.69, 9.17) is 5.73 Å². The van der Waals surface area contributed by atoms with Gasteiger partial charge in [-0.25, -0.2) is 0 Å². The topological polar surface area (TPSA) is 84.2 Å². The quantitative estimate of drug-likeness (QED) is 0.787. The Morgan fingerprint density at radius 2 is 1.76 bits per heavy atom. The Morgan fingerprint density at radius 1 is 1.14 bits per heavy atom. The van der Waals surface area contributed by atoms with Crippen LogP contribution >= 0.6 is 0 Å². The third-order valence-corrected chi connectivity index (χ3v) is 4.50. The maximum Gasteiger partial charge on any atom is 0.248 e. The van der Waals surface area contributed by atoms with E-state index in [-0.39, 0.29) is 5.91 Å². The van der Waals surface area contributed by atoms with E-state index in [0.29, 0.717) is 35.7 Å². The summed E-state index contributed by atoms with van der Waals surface area (Å²) in [5.74, 6) is 0.0693. The monoisotopic (exact) mass is 287 g/mol. The molecule has 2 aliphatic heterocycles. The van der Waals surface area contributed by atoms with Gasteiger partial charge in [0.2, 0.25) is 11.8 Å². The second-order valence-electron chi connectivity index (χ2n) is 6.17. The molecule has 1 aromatic rings. The van der Waals surface area contributed by atoms with Gasteiger partial charge in [0.25, 0.3) is 0 Å². The fraction of sp³-hybridized carbons (Fsp3) is 0.500. The number of hydrogen-bond acceptors (Lipinski definition) is 3. The molecule has 0 aromatic heterocycles. The summed E-state index contributed by atoms with van der Waals surface area (Å²) in [5.41, 5.74) is 6.35. The van der Waals surface area contributed by atoms with E-state index in [1.807, 2.05) is 0 Å². The van der Waals surface area contributed by atoms with Gasteiger partial charge in [0.1, 0.15) is 0 Å². The highest BCUT2D eigenvalue weighted by atomic mass is 16.2. The molecule has 5 nitrogen and oxygen atoms in total. The van der Waals surface area contributed by atoms with Gasteiger partial charge in [-0.15, -0.1) is 0 Å². The van der Waals surface area contributed by atoms with Crippen LogP contribution in [0, 0.1) is 5.92 Å². The van der Waals surface area contributed by atoms with Crippen molar-refractivity contribution in [2.45, 2.75) is 44.2 Å². The highest BCUT2D eigenvalue weighted by Gasteiger charge is 2.34. The van der Waals surface area contributed by atoms with Crippen LogP contribution in [0.15, 0.2) is 24.3 Å². The fourth-order valence-corrected chi connectivity index (χ4v) is 3.53. The minimum atomic E-state index is -0.460. The lowest BCUT2D eigenvalue weighted by molar-refractivity contribution is -0.117. The Hall–Kier alpha value is -1.88. The van der Waals surface area contributed by atoms with Crippen LogP contribution in [0.4, 0.5) is 5.69 Å². The van der Waals surface area contributed by atoms with Crippen molar-refractivity contribution in [1.29, 1.82) is 0 Å². The van der Waals surface area contributed by atoms with Crippen LogP contribution in [-0.4, -0.2) is 23.9 Å². The number of anilines is 1. The van der Waals surface area contributed by atoms with E-state index in [0.717, 1.165) is 12.8 Å². The Morgan fingerprint density at radius 3 is 2.33 bits per heavy atom. The molecule has 112 valence electrons.